The molecule has 3 N–H and O–H groups in total. The Kier molecular flexibility index (Phi) is 5.83. The minimum Gasteiger partial charge on any atom is -0.490 e. The number of hydrogen-bond acceptors (Lipinski definition) is 4. The van der Waals surface area contributed by atoms with Crippen LogP contribution in [0.1, 0.15) is 44.7 Å². The minimum absolute atomic E-state index is 0.200. The summed E-state index contributed by atoms with van der Waals surface area (Å²) in [7, 11) is 0. The molecular weight excluding hydrogens is 250 g/mol. The van der Waals surface area contributed by atoms with E-state index >= 15 is 0 Å². The molecular formula is C16H27N3O. The van der Waals surface area contributed by atoms with E-state index in [0.29, 0.717) is 6.10 Å². The fourth-order valence-corrected chi connectivity index (χ4v) is 2.35. The maximum atomic E-state index is 5.77. The van der Waals surface area contributed by atoms with Crippen molar-refractivity contribution in [1.82, 2.24) is 10.3 Å². The molecule has 1 aliphatic rings. The lowest BCUT2D eigenvalue weighted by Gasteiger charge is -2.22. The molecule has 2 rings (SSSR count). The Balaban J connectivity index is 1.88. The van der Waals surface area contributed by atoms with Crippen LogP contribution in [0.15, 0.2) is 24.3 Å². The number of hydrogen-bond donors (Lipinski definition) is 2. The number of nitrogens with one attached hydrogen (secondary N) is 1. The van der Waals surface area contributed by atoms with Gasteiger partial charge >= 0.3 is 0 Å². The third-order valence-electron chi connectivity index (χ3n) is 3.94. The van der Waals surface area contributed by atoms with Gasteiger partial charge in [-0.2, -0.15) is 0 Å². The molecule has 0 heterocycles. The van der Waals surface area contributed by atoms with Gasteiger partial charge in [0.25, 0.3) is 0 Å². The molecule has 1 saturated carbocycles. The highest BCUT2D eigenvalue weighted by molar-refractivity contribution is 5.29. The highest BCUT2D eigenvalue weighted by atomic mass is 16.5. The maximum absolute atomic E-state index is 5.77. The van der Waals surface area contributed by atoms with Crippen molar-refractivity contribution in [1.29, 1.82) is 0 Å². The number of hydrazine groups is 1. The van der Waals surface area contributed by atoms with Crippen LogP contribution in [0.5, 0.6) is 5.75 Å². The number of ether oxygens (including phenoxy) is 1. The molecule has 1 fully saturated rings. The normalized spacial score (nSPS) is 16.4. The van der Waals surface area contributed by atoms with E-state index in [2.05, 4.69) is 48.4 Å². The number of nitrogens with zero attached hydrogens (tertiary/aromatic N) is 1. The Morgan fingerprint density at radius 3 is 2.40 bits per heavy atom. The van der Waals surface area contributed by atoms with Gasteiger partial charge in [0.1, 0.15) is 5.75 Å². The molecule has 1 aromatic carbocycles. The van der Waals surface area contributed by atoms with Crippen LogP contribution in [0.2, 0.25) is 0 Å². The maximum Gasteiger partial charge on any atom is 0.119 e. The second-order valence-corrected chi connectivity index (χ2v) is 5.42. The summed E-state index contributed by atoms with van der Waals surface area (Å²) >= 11 is 0. The molecule has 4 nitrogen and oxygen atoms in total. The van der Waals surface area contributed by atoms with Crippen LogP contribution >= 0.6 is 0 Å². The third kappa shape index (κ3) is 4.47. The lowest BCUT2D eigenvalue weighted by Crippen LogP contribution is -2.32. The van der Waals surface area contributed by atoms with Gasteiger partial charge in [-0.05, 0) is 56.6 Å². The first kappa shape index (κ1) is 15.3. The van der Waals surface area contributed by atoms with Crippen molar-refractivity contribution in [3.8, 4) is 5.75 Å². The van der Waals surface area contributed by atoms with Crippen LogP contribution in [0.3, 0.4) is 0 Å². The van der Waals surface area contributed by atoms with Crippen LogP contribution in [0.25, 0.3) is 0 Å². The first-order valence-electron chi connectivity index (χ1n) is 7.71. The molecule has 0 radical (unpaired) electrons. The summed E-state index contributed by atoms with van der Waals surface area (Å²) in [5.41, 5.74) is 4.15. The van der Waals surface area contributed by atoms with E-state index in [1.807, 2.05) is 0 Å². The Morgan fingerprint density at radius 1 is 1.25 bits per heavy atom. The quantitative estimate of drug-likeness (QED) is 0.538. The molecule has 1 atom stereocenters. The van der Waals surface area contributed by atoms with Crippen LogP contribution < -0.4 is 16.0 Å². The lowest BCUT2D eigenvalue weighted by molar-refractivity contribution is 0.282. The van der Waals surface area contributed by atoms with Crippen molar-refractivity contribution in [3.05, 3.63) is 29.8 Å². The second kappa shape index (κ2) is 7.62. The van der Waals surface area contributed by atoms with Gasteiger partial charge in [0, 0.05) is 6.04 Å². The van der Waals surface area contributed by atoms with Crippen molar-refractivity contribution < 1.29 is 4.74 Å². The summed E-state index contributed by atoms with van der Waals surface area (Å²) in [5.74, 6) is 6.67. The fraction of sp³-hybridized carbons (Fsp3) is 0.625. The van der Waals surface area contributed by atoms with E-state index in [-0.39, 0.29) is 6.04 Å². The van der Waals surface area contributed by atoms with Crippen molar-refractivity contribution >= 4 is 0 Å². The second-order valence-electron chi connectivity index (χ2n) is 5.42. The third-order valence-corrected chi connectivity index (χ3v) is 3.94. The highest BCUT2D eigenvalue weighted by Crippen LogP contribution is 2.27. The molecule has 1 aromatic rings. The smallest absolute Gasteiger partial charge is 0.119 e. The van der Waals surface area contributed by atoms with Gasteiger partial charge < -0.3 is 9.64 Å². The zero-order chi connectivity index (χ0) is 14.4. The van der Waals surface area contributed by atoms with Gasteiger partial charge in [-0.1, -0.05) is 26.0 Å². The predicted molar refractivity (Wildman–Crippen MR) is 82.6 cm³/mol. The Morgan fingerprint density at radius 2 is 1.90 bits per heavy atom. The molecule has 0 bridgehead atoms. The number of nitrogens with two attached hydrogens (primary N) is 1. The summed E-state index contributed by atoms with van der Waals surface area (Å²) in [6, 6.07) is 8.53. The van der Waals surface area contributed by atoms with Crippen LogP contribution in [0.4, 0.5) is 0 Å². The van der Waals surface area contributed by atoms with Crippen molar-refractivity contribution in [3.63, 3.8) is 0 Å². The van der Waals surface area contributed by atoms with E-state index in [0.717, 1.165) is 31.8 Å². The SMILES string of the molecule is CCN(CC)CCC(NN)c1ccc(OC2CC2)cc1. The monoisotopic (exact) mass is 277 g/mol. The average Bonchev–Trinajstić information content (AvgIpc) is 3.29. The largest absolute Gasteiger partial charge is 0.490 e. The number of rotatable bonds is 9. The van der Waals surface area contributed by atoms with Gasteiger partial charge in [-0.25, -0.2) is 0 Å². The first-order valence-corrected chi connectivity index (χ1v) is 7.71. The minimum atomic E-state index is 0.200. The highest BCUT2D eigenvalue weighted by Gasteiger charge is 2.23. The zero-order valence-corrected chi connectivity index (χ0v) is 12.6. The van der Waals surface area contributed by atoms with E-state index in [1.165, 1.54) is 18.4 Å². The lowest BCUT2D eigenvalue weighted by atomic mass is 10.0. The van der Waals surface area contributed by atoms with Crippen LogP contribution in [-0.4, -0.2) is 30.6 Å². The average molecular weight is 277 g/mol. The molecule has 0 aliphatic heterocycles. The summed E-state index contributed by atoms with van der Waals surface area (Å²) in [5, 5.41) is 0. The topological polar surface area (TPSA) is 50.5 Å². The van der Waals surface area contributed by atoms with E-state index in [9.17, 15) is 0 Å². The van der Waals surface area contributed by atoms with Crippen LogP contribution in [0, 0.1) is 0 Å². The van der Waals surface area contributed by atoms with Crippen molar-refractivity contribution in [2.24, 2.45) is 5.84 Å². The zero-order valence-electron chi connectivity index (χ0n) is 12.6. The standard InChI is InChI=1S/C16H27N3O/c1-3-19(4-2)12-11-16(18-17)13-5-7-14(8-6-13)20-15-9-10-15/h5-8,15-16,18H,3-4,9-12,17H2,1-2H3. The molecule has 1 unspecified atom stereocenters. The van der Waals surface area contributed by atoms with Gasteiger partial charge in [0.2, 0.25) is 0 Å². The molecule has 20 heavy (non-hydrogen) atoms. The van der Waals surface area contributed by atoms with Crippen molar-refractivity contribution in [2.75, 3.05) is 19.6 Å². The summed E-state index contributed by atoms with van der Waals surface area (Å²) in [4.78, 5) is 2.41. The van der Waals surface area contributed by atoms with E-state index < -0.39 is 0 Å². The van der Waals surface area contributed by atoms with Crippen LogP contribution in [-0.2, 0) is 0 Å². The number of benzene rings is 1. The molecule has 0 aromatic heterocycles. The predicted octanol–water partition coefficient (Wildman–Crippen LogP) is 2.46. The molecule has 1 aliphatic carbocycles. The van der Waals surface area contributed by atoms with Gasteiger partial charge in [0.05, 0.1) is 6.10 Å². The molecule has 0 saturated heterocycles. The Labute approximate surface area is 122 Å². The molecule has 0 spiro atoms. The molecule has 4 heteroatoms. The summed E-state index contributed by atoms with van der Waals surface area (Å²) < 4.78 is 5.77. The van der Waals surface area contributed by atoms with E-state index in [4.69, 9.17) is 10.6 Å². The summed E-state index contributed by atoms with van der Waals surface area (Å²) in [6.45, 7) is 7.61. The summed E-state index contributed by atoms with van der Waals surface area (Å²) in [6.07, 6.45) is 3.85. The van der Waals surface area contributed by atoms with Crippen molar-refractivity contribution in [2.45, 2.75) is 45.3 Å². The molecule has 112 valence electrons. The van der Waals surface area contributed by atoms with E-state index in [1.54, 1.807) is 0 Å². The molecule has 0 amide bonds. The van der Waals surface area contributed by atoms with Gasteiger partial charge in [-0.3, -0.25) is 11.3 Å². The first-order chi connectivity index (χ1) is 9.76. The Hall–Kier alpha value is -1.10. The van der Waals surface area contributed by atoms with Gasteiger partial charge in [0.15, 0.2) is 0 Å². The Bertz CT molecular complexity index is 385. The van der Waals surface area contributed by atoms with Gasteiger partial charge in [-0.15, -0.1) is 0 Å². The fourth-order valence-electron chi connectivity index (χ4n) is 2.35.